The minimum atomic E-state index is 0.694. The highest BCUT2D eigenvalue weighted by Crippen LogP contribution is 2.23. The molecule has 0 N–H and O–H groups in total. The van der Waals surface area contributed by atoms with Crippen LogP contribution >= 0.6 is 0 Å². The van der Waals surface area contributed by atoms with Gasteiger partial charge in [-0.3, -0.25) is 0 Å². The van der Waals surface area contributed by atoms with Crippen molar-refractivity contribution in [1.29, 1.82) is 0 Å². The summed E-state index contributed by atoms with van der Waals surface area (Å²) in [5, 5.41) is 0. The second-order valence-corrected chi connectivity index (χ2v) is 4.44. The molecular formula is C13H20. The molecule has 0 saturated carbocycles. The molecule has 0 aliphatic rings. The van der Waals surface area contributed by atoms with Crippen LogP contribution in [0.5, 0.6) is 0 Å². The molecule has 0 spiro atoms. The number of benzene rings is 1. The standard InChI is InChI=1S/C13H20/c1-10(2)8-12(4)13-7-5-6-11(3)9-13/h5-7,9-10,12H,8H2,1-4H3. The van der Waals surface area contributed by atoms with Gasteiger partial charge in [-0.1, -0.05) is 50.6 Å². The van der Waals surface area contributed by atoms with Crippen LogP contribution in [0.1, 0.15) is 44.2 Å². The number of aryl methyl sites for hydroxylation is 1. The first-order chi connectivity index (χ1) is 6.09. The lowest BCUT2D eigenvalue weighted by molar-refractivity contribution is 0.523. The molecular weight excluding hydrogens is 156 g/mol. The molecule has 1 aromatic rings. The smallest absolute Gasteiger partial charge is 0.0188 e. The molecule has 0 aliphatic heterocycles. The van der Waals surface area contributed by atoms with E-state index in [1.807, 2.05) is 0 Å². The zero-order valence-electron chi connectivity index (χ0n) is 9.17. The summed E-state index contributed by atoms with van der Waals surface area (Å²) >= 11 is 0. The lowest BCUT2D eigenvalue weighted by atomic mass is 9.91. The molecule has 0 heterocycles. The fourth-order valence-corrected chi connectivity index (χ4v) is 1.82. The van der Waals surface area contributed by atoms with Crippen molar-refractivity contribution in [1.82, 2.24) is 0 Å². The quantitative estimate of drug-likeness (QED) is 0.649. The molecule has 1 aromatic carbocycles. The maximum Gasteiger partial charge on any atom is -0.0188 e. The van der Waals surface area contributed by atoms with Gasteiger partial charge in [0, 0.05) is 0 Å². The van der Waals surface area contributed by atoms with Crippen molar-refractivity contribution in [2.75, 3.05) is 0 Å². The van der Waals surface area contributed by atoms with Gasteiger partial charge in [0.1, 0.15) is 0 Å². The van der Waals surface area contributed by atoms with Crippen LogP contribution in [0.15, 0.2) is 24.3 Å². The molecule has 0 amide bonds. The van der Waals surface area contributed by atoms with Gasteiger partial charge in [0.25, 0.3) is 0 Å². The van der Waals surface area contributed by atoms with Gasteiger partial charge < -0.3 is 0 Å². The molecule has 0 nitrogen and oxygen atoms in total. The van der Waals surface area contributed by atoms with Crippen molar-refractivity contribution >= 4 is 0 Å². The first-order valence-electron chi connectivity index (χ1n) is 5.16. The fourth-order valence-electron chi connectivity index (χ4n) is 1.82. The Hall–Kier alpha value is -0.780. The van der Waals surface area contributed by atoms with Gasteiger partial charge in [-0.25, -0.2) is 0 Å². The van der Waals surface area contributed by atoms with Crippen LogP contribution < -0.4 is 0 Å². The Morgan fingerprint density at radius 3 is 2.38 bits per heavy atom. The minimum absolute atomic E-state index is 0.694. The molecule has 1 unspecified atom stereocenters. The molecule has 0 fully saturated rings. The zero-order valence-corrected chi connectivity index (χ0v) is 9.17. The van der Waals surface area contributed by atoms with Crippen LogP contribution in [0.4, 0.5) is 0 Å². The predicted octanol–water partition coefficient (Wildman–Crippen LogP) is 4.14. The lowest BCUT2D eigenvalue weighted by Gasteiger charge is -2.14. The van der Waals surface area contributed by atoms with Gasteiger partial charge in [0.05, 0.1) is 0 Å². The van der Waals surface area contributed by atoms with Gasteiger partial charge >= 0.3 is 0 Å². The Morgan fingerprint density at radius 2 is 1.85 bits per heavy atom. The Labute approximate surface area is 82.0 Å². The highest BCUT2D eigenvalue weighted by atomic mass is 14.1. The summed E-state index contributed by atoms with van der Waals surface area (Å²) in [5.74, 6) is 1.48. The van der Waals surface area contributed by atoms with Crippen LogP contribution in [-0.4, -0.2) is 0 Å². The molecule has 72 valence electrons. The molecule has 1 rings (SSSR count). The van der Waals surface area contributed by atoms with E-state index in [0.717, 1.165) is 5.92 Å². The van der Waals surface area contributed by atoms with Gasteiger partial charge in [0.2, 0.25) is 0 Å². The predicted molar refractivity (Wildman–Crippen MR) is 59.0 cm³/mol. The van der Waals surface area contributed by atoms with Crippen LogP contribution in [0.3, 0.4) is 0 Å². The summed E-state index contributed by atoms with van der Waals surface area (Å²) in [5.41, 5.74) is 2.85. The van der Waals surface area contributed by atoms with E-state index in [9.17, 15) is 0 Å². The van der Waals surface area contributed by atoms with E-state index in [0.29, 0.717) is 5.92 Å². The van der Waals surface area contributed by atoms with Gasteiger partial charge in [-0.2, -0.15) is 0 Å². The number of hydrogen-bond acceptors (Lipinski definition) is 0. The van der Waals surface area contributed by atoms with E-state index >= 15 is 0 Å². The zero-order chi connectivity index (χ0) is 9.84. The van der Waals surface area contributed by atoms with E-state index in [-0.39, 0.29) is 0 Å². The van der Waals surface area contributed by atoms with Crippen molar-refractivity contribution in [2.45, 2.75) is 40.0 Å². The van der Waals surface area contributed by atoms with E-state index in [4.69, 9.17) is 0 Å². The first-order valence-corrected chi connectivity index (χ1v) is 5.16. The van der Waals surface area contributed by atoms with Gasteiger partial charge in [-0.15, -0.1) is 0 Å². The third kappa shape index (κ3) is 3.22. The fraction of sp³-hybridized carbons (Fsp3) is 0.538. The minimum Gasteiger partial charge on any atom is -0.0628 e. The molecule has 0 radical (unpaired) electrons. The number of hydrogen-bond donors (Lipinski definition) is 0. The molecule has 1 atom stereocenters. The summed E-state index contributed by atoms with van der Waals surface area (Å²) in [6.45, 7) is 9.04. The molecule has 0 heteroatoms. The summed E-state index contributed by atoms with van der Waals surface area (Å²) in [7, 11) is 0. The third-order valence-corrected chi connectivity index (χ3v) is 2.44. The maximum atomic E-state index is 2.31. The second kappa shape index (κ2) is 4.45. The van der Waals surface area contributed by atoms with Crippen molar-refractivity contribution in [3.63, 3.8) is 0 Å². The Balaban J connectivity index is 2.71. The van der Waals surface area contributed by atoms with Gasteiger partial charge in [0.15, 0.2) is 0 Å². The third-order valence-electron chi connectivity index (χ3n) is 2.44. The summed E-state index contributed by atoms with van der Waals surface area (Å²) in [6, 6.07) is 8.85. The Bertz CT molecular complexity index is 260. The van der Waals surface area contributed by atoms with E-state index < -0.39 is 0 Å². The van der Waals surface area contributed by atoms with E-state index in [1.54, 1.807) is 0 Å². The lowest BCUT2D eigenvalue weighted by Crippen LogP contribution is -1.98. The molecule has 0 saturated heterocycles. The molecule has 13 heavy (non-hydrogen) atoms. The van der Waals surface area contributed by atoms with Gasteiger partial charge in [-0.05, 0) is 30.7 Å². The van der Waals surface area contributed by atoms with Crippen molar-refractivity contribution in [2.24, 2.45) is 5.92 Å². The molecule has 0 aliphatic carbocycles. The summed E-state index contributed by atoms with van der Waals surface area (Å²) in [6.07, 6.45) is 1.28. The average molecular weight is 176 g/mol. The second-order valence-electron chi connectivity index (χ2n) is 4.44. The molecule has 0 aromatic heterocycles. The summed E-state index contributed by atoms with van der Waals surface area (Å²) < 4.78 is 0. The highest BCUT2D eigenvalue weighted by molar-refractivity contribution is 5.24. The van der Waals surface area contributed by atoms with E-state index in [1.165, 1.54) is 17.5 Å². The SMILES string of the molecule is Cc1cccc(C(C)CC(C)C)c1. The van der Waals surface area contributed by atoms with Crippen LogP contribution in [0.25, 0.3) is 0 Å². The monoisotopic (exact) mass is 176 g/mol. The first kappa shape index (κ1) is 10.3. The van der Waals surface area contributed by atoms with E-state index in [2.05, 4.69) is 52.0 Å². The topological polar surface area (TPSA) is 0 Å². The normalized spacial score (nSPS) is 13.3. The molecule has 0 bridgehead atoms. The van der Waals surface area contributed by atoms with Crippen molar-refractivity contribution < 1.29 is 0 Å². The van der Waals surface area contributed by atoms with Crippen molar-refractivity contribution in [3.05, 3.63) is 35.4 Å². The van der Waals surface area contributed by atoms with Crippen LogP contribution in [0, 0.1) is 12.8 Å². The number of rotatable bonds is 3. The van der Waals surface area contributed by atoms with Crippen LogP contribution in [0.2, 0.25) is 0 Å². The maximum absolute atomic E-state index is 2.31. The highest BCUT2D eigenvalue weighted by Gasteiger charge is 2.07. The average Bonchev–Trinajstić information content (AvgIpc) is 2.03. The summed E-state index contributed by atoms with van der Waals surface area (Å²) in [4.78, 5) is 0. The Morgan fingerprint density at radius 1 is 1.15 bits per heavy atom. The largest absolute Gasteiger partial charge is 0.0628 e. The Kier molecular flexibility index (Phi) is 3.53. The van der Waals surface area contributed by atoms with Crippen molar-refractivity contribution in [3.8, 4) is 0 Å². The van der Waals surface area contributed by atoms with Crippen LogP contribution in [-0.2, 0) is 0 Å².